The Morgan fingerprint density at radius 1 is 1.00 bits per heavy atom. The zero-order chi connectivity index (χ0) is 15.3. The van der Waals surface area contributed by atoms with Gasteiger partial charge < -0.3 is 4.74 Å². The van der Waals surface area contributed by atoms with Gasteiger partial charge in [0, 0.05) is 6.42 Å². The highest BCUT2D eigenvalue weighted by molar-refractivity contribution is 5.81. The van der Waals surface area contributed by atoms with Crippen molar-refractivity contribution in [2.75, 3.05) is 6.61 Å². The van der Waals surface area contributed by atoms with Crippen molar-refractivity contribution < 1.29 is 18.3 Å². The maximum Gasteiger partial charge on any atom is 0.403 e. The number of esters is 1. The van der Waals surface area contributed by atoms with Crippen LogP contribution in [0.5, 0.6) is 0 Å². The molecule has 2 nitrogen and oxygen atoms in total. The Balaban J connectivity index is 3.64. The van der Waals surface area contributed by atoms with E-state index < -0.39 is 11.9 Å². The highest BCUT2D eigenvalue weighted by Crippen LogP contribution is 2.14. The molecule has 4 heteroatoms. The van der Waals surface area contributed by atoms with E-state index in [2.05, 4.69) is 17.6 Å². The van der Waals surface area contributed by atoms with Gasteiger partial charge in [-0.25, -0.2) is 4.79 Å². The molecule has 0 heterocycles. The van der Waals surface area contributed by atoms with Gasteiger partial charge in [0.15, 0.2) is 0 Å². The van der Waals surface area contributed by atoms with Crippen LogP contribution in [0.15, 0.2) is 0 Å². The Morgan fingerprint density at radius 2 is 1.55 bits per heavy atom. The lowest BCUT2D eigenvalue weighted by Crippen LogP contribution is -2.28. The van der Waals surface area contributed by atoms with Gasteiger partial charge in [0.25, 0.3) is 0 Å². The van der Waals surface area contributed by atoms with Gasteiger partial charge in [-0.1, -0.05) is 57.8 Å². The zero-order valence-corrected chi connectivity index (χ0v) is 12.6. The summed E-state index contributed by atoms with van der Waals surface area (Å²) in [5.74, 6) is -1.14. The smallest absolute Gasteiger partial charge is 0.403 e. The van der Waals surface area contributed by atoms with Crippen molar-refractivity contribution in [1.29, 1.82) is 0 Å². The summed E-state index contributed by atoms with van der Waals surface area (Å²) in [6, 6.07) is 0. The summed E-state index contributed by atoms with van der Waals surface area (Å²) >= 11 is 0. The number of hydrogen-bond acceptors (Lipinski definition) is 2. The summed E-state index contributed by atoms with van der Waals surface area (Å²) < 4.78 is 30.5. The van der Waals surface area contributed by atoms with Crippen LogP contribution in [0.25, 0.3) is 0 Å². The first-order chi connectivity index (χ1) is 9.54. The number of rotatable bonds is 10. The van der Waals surface area contributed by atoms with E-state index in [9.17, 15) is 13.6 Å². The van der Waals surface area contributed by atoms with Crippen molar-refractivity contribution in [3.63, 3.8) is 0 Å². The molecule has 0 aromatic carbocycles. The lowest BCUT2D eigenvalue weighted by molar-refractivity contribution is -0.163. The minimum Gasteiger partial charge on any atom is -0.461 e. The molecule has 0 unspecified atom stereocenters. The summed E-state index contributed by atoms with van der Waals surface area (Å²) in [6.07, 6.45) is 9.60. The van der Waals surface area contributed by atoms with Gasteiger partial charge >= 0.3 is 11.9 Å². The Kier molecular flexibility index (Phi) is 11.0. The molecule has 0 aliphatic carbocycles. The SMILES string of the molecule is CCCCCCCCCCC#CC(F)(F)C(=O)OCC. The molecule has 20 heavy (non-hydrogen) atoms. The van der Waals surface area contributed by atoms with Gasteiger partial charge in [0.05, 0.1) is 6.61 Å². The minimum atomic E-state index is -3.67. The molecule has 0 amide bonds. The van der Waals surface area contributed by atoms with Crippen molar-refractivity contribution in [3.8, 4) is 11.8 Å². The first kappa shape index (κ1) is 18.9. The topological polar surface area (TPSA) is 26.3 Å². The van der Waals surface area contributed by atoms with Gasteiger partial charge in [-0.05, 0) is 19.3 Å². The molecular weight excluding hydrogens is 262 g/mol. The first-order valence-corrected chi connectivity index (χ1v) is 7.59. The van der Waals surface area contributed by atoms with Crippen LogP contribution in [0.2, 0.25) is 0 Å². The second kappa shape index (κ2) is 11.7. The van der Waals surface area contributed by atoms with Crippen LogP contribution >= 0.6 is 0 Å². The van der Waals surface area contributed by atoms with Crippen molar-refractivity contribution in [2.45, 2.75) is 77.6 Å². The maximum atomic E-state index is 13.1. The van der Waals surface area contributed by atoms with Gasteiger partial charge in [-0.2, -0.15) is 8.78 Å². The Bertz CT molecular complexity index is 316. The molecule has 0 N–H and O–H groups in total. The van der Waals surface area contributed by atoms with E-state index in [0.717, 1.165) is 19.3 Å². The van der Waals surface area contributed by atoms with Gasteiger partial charge in [0.1, 0.15) is 0 Å². The van der Waals surface area contributed by atoms with E-state index in [0.29, 0.717) is 6.42 Å². The Morgan fingerprint density at radius 3 is 2.10 bits per heavy atom. The molecule has 0 aliphatic heterocycles. The van der Waals surface area contributed by atoms with E-state index in [1.54, 1.807) is 5.92 Å². The summed E-state index contributed by atoms with van der Waals surface area (Å²) in [5.41, 5.74) is 0. The van der Waals surface area contributed by atoms with E-state index in [4.69, 9.17) is 0 Å². The third-order valence-electron chi connectivity index (χ3n) is 2.93. The van der Waals surface area contributed by atoms with Crippen molar-refractivity contribution in [1.82, 2.24) is 0 Å². The van der Waals surface area contributed by atoms with Crippen molar-refractivity contribution >= 4 is 5.97 Å². The molecule has 0 bridgehead atoms. The zero-order valence-electron chi connectivity index (χ0n) is 12.6. The monoisotopic (exact) mass is 288 g/mol. The van der Waals surface area contributed by atoms with Crippen LogP contribution in [0.1, 0.15) is 71.6 Å². The fourth-order valence-corrected chi connectivity index (χ4v) is 1.79. The average Bonchev–Trinajstić information content (AvgIpc) is 2.41. The summed E-state index contributed by atoms with van der Waals surface area (Å²) in [7, 11) is 0. The third-order valence-corrected chi connectivity index (χ3v) is 2.93. The third kappa shape index (κ3) is 9.77. The highest BCUT2D eigenvalue weighted by Gasteiger charge is 2.38. The van der Waals surface area contributed by atoms with Crippen LogP contribution in [-0.4, -0.2) is 18.5 Å². The number of alkyl halides is 2. The van der Waals surface area contributed by atoms with Crippen molar-refractivity contribution in [3.05, 3.63) is 0 Å². The average molecular weight is 288 g/mol. The molecule has 116 valence electrons. The summed E-state index contributed by atoms with van der Waals surface area (Å²) in [4.78, 5) is 10.9. The molecule has 0 saturated heterocycles. The molecular formula is C16H26F2O2. The number of halogens is 2. The molecule has 0 atom stereocenters. The molecule has 0 fully saturated rings. The molecule has 0 aromatic heterocycles. The van der Waals surface area contributed by atoms with Crippen molar-refractivity contribution in [2.24, 2.45) is 0 Å². The number of ether oxygens (including phenoxy) is 1. The number of unbranched alkanes of at least 4 members (excludes halogenated alkanes) is 8. The first-order valence-electron chi connectivity index (χ1n) is 7.59. The van der Waals surface area contributed by atoms with Gasteiger partial charge in [-0.15, -0.1) is 0 Å². The lowest BCUT2D eigenvalue weighted by Gasteiger charge is -2.07. The number of hydrogen-bond donors (Lipinski definition) is 0. The number of carbonyl (C=O) groups is 1. The van der Waals surface area contributed by atoms with E-state index in [1.807, 2.05) is 0 Å². The molecule has 0 radical (unpaired) electrons. The summed E-state index contributed by atoms with van der Waals surface area (Å²) in [5, 5.41) is 0. The minimum absolute atomic E-state index is 0.0614. The molecule has 0 spiro atoms. The lowest BCUT2D eigenvalue weighted by atomic mass is 10.1. The van der Waals surface area contributed by atoms with Crippen LogP contribution in [0, 0.1) is 11.8 Å². The molecule has 0 aliphatic rings. The second-order valence-electron chi connectivity index (χ2n) is 4.82. The summed E-state index contributed by atoms with van der Waals surface area (Å²) in [6.45, 7) is 3.61. The molecule has 0 saturated carbocycles. The van der Waals surface area contributed by atoms with Crippen LogP contribution in [-0.2, 0) is 9.53 Å². The number of carbonyl (C=O) groups excluding carboxylic acids is 1. The van der Waals surface area contributed by atoms with E-state index in [1.165, 1.54) is 39.0 Å². The quantitative estimate of drug-likeness (QED) is 0.330. The van der Waals surface area contributed by atoms with Crippen LogP contribution in [0.3, 0.4) is 0 Å². The highest BCUT2D eigenvalue weighted by atomic mass is 19.3. The van der Waals surface area contributed by atoms with E-state index in [-0.39, 0.29) is 6.61 Å². The van der Waals surface area contributed by atoms with Crippen LogP contribution < -0.4 is 0 Å². The predicted molar refractivity (Wildman–Crippen MR) is 76.6 cm³/mol. The standard InChI is InChI=1S/C16H26F2O2/c1-3-5-6-7-8-9-10-11-12-13-14-16(17,18)15(19)20-4-2/h3-12H2,1-2H3. The molecule has 0 aromatic rings. The van der Waals surface area contributed by atoms with Gasteiger partial charge in [-0.3, -0.25) is 0 Å². The van der Waals surface area contributed by atoms with Gasteiger partial charge in [0.2, 0.25) is 0 Å². The Labute approximate surface area is 121 Å². The Hall–Kier alpha value is -1.11. The molecule has 0 rings (SSSR count). The normalized spacial score (nSPS) is 10.8. The second-order valence-corrected chi connectivity index (χ2v) is 4.82. The maximum absolute atomic E-state index is 13.1. The van der Waals surface area contributed by atoms with E-state index >= 15 is 0 Å². The fraction of sp³-hybridized carbons (Fsp3) is 0.812. The van der Waals surface area contributed by atoms with Crippen LogP contribution in [0.4, 0.5) is 8.78 Å². The largest absolute Gasteiger partial charge is 0.461 e. The predicted octanol–water partition coefficient (Wildman–Crippen LogP) is 4.72. The fourth-order valence-electron chi connectivity index (χ4n) is 1.79.